The van der Waals surface area contributed by atoms with Crippen molar-refractivity contribution in [3.05, 3.63) is 35.2 Å². The van der Waals surface area contributed by atoms with Crippen molar-refractivity contribution in [1.29, 1.82) is 0 Å². The van der Waals surface area contributed by atoms with Crippen molar-refractivity contribution in [1.82, 2.24) is 5.16 Å². The maximum absolute atomic E-state index is 10.9. The Kier molecular flexibility index (Phi) is 1.73. The van der Waals surface area contributed by atoms with E-state index in [4.69, 9.17) is 10.3 Å². The molecule has 13 heavy (non-hydrogen) atoms. The molecule has 1 aliphatic carbocycles. The van der Waals surface area contributed by atoms with E-state index in [1.54, 1.807) is 6.08 Å². The summed E-state index contributed by atoms with van der Waals surface area (Å²) in [5.41, 5.74) is 6.55. The standard InChI is InChI=1S/C9H8N2O2/c10-9(12)8-6-4-2-1-3-5-7(6)11-13-8/h1-3,5H,4H2,(H2,10,12). The van der Waals surface area contributed by atoms with Crippen LogP contribution in [0, 0.1) is 0 Å². The van der Waals surface area contributed by atoms with Crippen LogP contribution in [-0.2, 0) is 6.42 Å². The fourth-order valence-corrected chi connectivity index (χ4v) is 1.25. The number of amides is 1. The molecule has 1 aromatic heterocycles. The summed E-state index contributed by atoms with van der Waals surface area (Å²) in [6, 6.07) is 0. The SMILES string of the molecule is NC(=O)c1onc2c1CC=CC=C2. The van der Waals surface area contributed by atoms with Crippen molar-refractivity contribution in [3.63, 3.8) is 0 Å². The molecule has 2 N–H and O–H groups in total. The monoisotopic (exact) mass is 176 g/mol. The quantitative estimate of drug-likeness (QED) is 0.691. The van der Waals surface area contributed by atoms with E-state index in [0.717, 1.165) is 5.56 Å². The van der Waals surface area contributed by atoms with Gasteiger partial charge in [0, 0.05) is 5.56 Å². The highest BCUT2D eigenvalue weighted by atomic mass is 16.5. The molecule has 0 radical (unpaired) electrons. The Hall–Kier alpha value is -1.84. The fraction of sp³-hybridized carbons (Fsp3) is 0.111. The topological polar surface area (TPSA) is 69.1 Å². The lowest BCUT2D eigenvalue weighted by molar-refractivity contribution is 0.0964. The summed E-state index contributed by atoms with van der Waals surface area (Å²) >= 11 is 0. The molecule has 0 spiro atoms. The Morgan fingerprint density at radius 1 is 1.54 bits per heavy atom. The molecule has 0 unspecified atom stereocenters. The van der Waals surface area contributed by atoms with Crippen LogP contribution < -0.4 is 5.73 Å². The van der Waals surface area contributed by atoms with E-state index < -0.39 is 5.91 Å². The molecule has 0 saturated heterocycles. The molecule has 0 atom stereocenters. The molecule has 4 nitrogen and oxygen atoms in total. The van der Waals surface area contributed by atoms with Gasteiger partial charge in [-0.3, -0.25) is 4.79 Å². The molecule has 0 saturated carbocycles. The maximum Gasteiger partial charge on any atom is 0.287 e. The van der Waals surface area contributed by atoms with Gasteiger partial charge in [0.05, 0.1) is 0 Å². The summed E-state index contributed by atoms with van der Waals surface area (Å²) in [7, 11) is 0. The van der Waals surface area contributed by atoms with Crippen LogP contribution in [0.2, 0.25) is 0 Å². The summed E-state index contributed by atoms with van der Waals surface area (Å²) in [6.07, 6.45) is 8.08. The third-order valence-electron chi connectivity index (χ3n) is 1.87. The largest absolute Gasteiger partial charge is 0.363 e. The van der Waals surface area contributed by atoms with Gasteiger partial charge in [-0.05, 0) is 12.5 Å². The lowest BCUT2D eigenvalue weighted by atomic mass is 10.1. The molecule has 1 aromatic rings. The summed E-state index contributed by atoms with van der Waals surface area (Å²) in [6.45, 7) is 0. The normalized spacial score (nSPS) is 13.8. The molecule has 1 aliphatic rings. The van der Waals surface area contributed by atoms with Crippen molar-refractivity contribution in [2.75, 3.05) is 0 Å². The first-order chi connectivity index (χ1) is 6.29. The number of allylic oxidation sites excluding steroid dienone is 3. The Morgan fingerprint density at radius 3 is 3.15 bits per heavy atom. The third-order valence-corrected chi connectivity index (χ3v) is 1.87. The molecular formula is C9H8N2O2. The molecule has 4 heteroatoms. The van der Waals surface area contributed by atoms with Gasteiger partial charge in [0.25, 0.3) is 5.91 Å². The van der Waals surface area contributed by atoms with E-state index >= 15 is 0 Å². The van der Waals surface area contributed by atoms with E-state index in [0.29, 0.717) is 12.1 Å². The number of hydrogen-bond donors (Lipinski definition) is 1. The lowest BCUT2D eigenvalue weighted by Gasteiger charge is -1.92. The summed E-state index contributed by atoms with van der Waals surface area (Å²) in [5, 5.41) is 3.74. The zero-order valence-electron chi connectivity index (χ0n) is 6.86. The first-order valence-electron chi connectivity index (χ1n) is 3.90. The van der Waals surface area contributed by atoms with Crippen molar-refractivity contribution in [2.45, 2.75) is 6.42 Å². The van der Waals surface area contributed by atoms with Crippen LogP contribution in [-0.4, -0.2) is 11.1 Å². The minimum Gasteiger partial charge on any atom is -0.363 e. The molecule has 1 heterocycles. The summed E-state index contributed by atoms with van der Waals surface area (Å²) in [5.74, 6) is -0.413. The Labute approximate surface area is 74.7 Å². The maximum atomic E-state index is 10.9. The lowest BCUT2D eigenvalue weighted by Crippen LogP contribution is -2.12. The average Bonchev–Trinajstić information content (AvgIpc) is 2.36. The van der Waals surface area contributed by atoms with Crippen LogP contribution in [0.1, 0.15) is 21.8 Å². The van der Waals surface area contributed by atoms with Crippen LogP contribution in [0.3, 0.4) is 0 Å². The zero-order valence-corrected chi connectivity index (χ0v) is 6.86. The number of fused-ring (bicyclic) bond motifs is 1. The summed E-state index contributed by atoms with van der Waals surface area (Å²) < 4.78 is 4.82. The first kappa shape index (κ1) is 7.79. The van der Waals surface area contributed by atoms with Crippen molar-refractivity contribution >= 4 is 12.0 Å². The van der Waals surface area contributed by atoms with Gasteiger partial charge in [0.15, 0.2) is 0 Å². The summed E-state index contributed by atoms with van der Waals surface area (Å²) in [4.78, 5) is 10.9. The predicted octanol–water partition coefficient (Wildman–Crippen LogP) is 0.899. The highest BCUT2D eigenvalue weighted by Crippen LogP contribution is 2.18. The van der Waals surface area contributed by atoms with Gasteiger partial charge in [0.2, 0.25) is 5.76 Å². The minimum atomic E-state index is -0.572. The number of primary amides is 1. The average molecular weight is 176 g/mol. The number of carbonyl (C=O) groups is 1. The number of nitrogens with two attached hydrogens (primary N) is 1. The van der Waals surface area contributed by atoms with Gasteiger partial charge in [-0.2, -0.15) is 0 Å². The molecular weight excluding hydrogens is 168 g/mol. The van der Waals surface area contributed by atoms with E-state index in [9.17, 15) is 4.79 Å². The Balaban J connectivity index is 2.53. The van der Waals surface area contributed by atoms with Crippen molar-refractivity contribution < 1.29 is 9.32 Å². The van der Waals surface area contributed by atoms with E-state index in [1.807, 2.05) is 18.2 Å². The number of carbonyl (C=O) groups excluding carboxylic acids is 1. The second-order valence-electron chi connectivity index (χ2n) is 2.73. The predicted molar refractivity (Wildman–Crippen MR) is 46.9 cm³/mol. The number of aromatic nitrogens is 1. The smallest absolute Gasteiger partial charge is 0.287 e. The number of rotatable bonds is 1. The van der Waals surface area contributed by atoms with E-state index in [-0.39, 0.29) is 5.76 Å². The second-order valence-corrected chi connectivity index (χ2v) is 2.73. The molecule has 1 amide bonds. The highest BCUT2D eigenvalue weighted by Gasteiger charge is 2.17. The van der Waals surface area contributed by atoms with Gasteiger partial charge in [-0.25, -0.2) is 0 Å². The third kappa shape index (κ3) is 1.26. The molecule has 0 bridgehead atoms. The van der Waals surface area contributed by atoms with Crippen LogP contribution in [0.25, 0.3) is 6.08 Å². The molecule has 2 rings (SSSR count). The number of nitrogens with zero attached hydrogens (tertiary/aromatic N) is 1. The molecule has 0 aromatic carbocycles. The van der Waals surface area contributed by atoms with Crippen LogP contribution in [0.15, 0.2) is 22.8 Å². The Bertz CT molecular complexity index is 402. The van der Waals surface area contributed by atoms with Crippen LogP contribution >= 0.6 is 0 Å². The van der Waals surface area contributed by atoms with Gasteiger partial charge in [-0.15, -0.1) is 0 Å². The van der Waals surface area contributed by atoms with Crippen molar-refractivity contribution in [3.8, 4) is 0 Å². The van der Waals surface area contributed by atoms with Gasteiger partial charge < -0.3 is 10.3 Å². The minimum absolute atomic E-state index is 0.159. The molecule has 0 aliphatic heterocycles. The molecule has 0 fully saturated rings. The second kappa shape index (κ2) is 2.90. The van der Waals surface area contributed by atoms with Gasteiger partial charge in [-0.1, -0.05) is 23.4 Å². The number of hydrogen-bond acceptors (Lipinski definition) is 3. The van der Waals surface area contributed by atoms with Gasteiger partial charge in [0.1, 0.15) is 5.69 Å². The van der Waals surface area contributed by atoms with Crippen LogP contribution in [0.5, 0.6) is 0 Å². The Morgan fingerprint density at radius 2 is 2.38 bits per heavy atom. The van der Waals surface area contributed by atoms with E-state index in [1.165, 1.54) is 0 Å². The zero-order chi connectivity index (χ0) is 9.26. The fourth-order valence-electron chi connectivity index (χ4n) is 1.25. The highest BCUT2D eigenvalue weighted by molar-refractivity contribution is 5.92. The van der Waals surface area contributed by atoms with Crippen molar-refractivity contribution in [2.24, 2.45) is 5.73 Å². The van der Waals surface area contributed by atoms with Gasteiger partial charge >= 0.3 is 0 Å². The molecule has 66 valence electrons. The first-order valence-corrected chi connectivity index (χ1v) is 3.90. The van der Waals surface area contributed by atoms with E-state index in [2.05, 4.69) is 5.16 Å². The van der Waals surface area contributed by atoms with Crippen LogP contribution in [0.4, 0.5) is 0 Å².